The van der Waals surface area contributed by atoms with Crippen LogP contribution < -0.4 is 5.32 Å². The average molecular weight is 343 g/mol. The Bertz CT molecular complexity index is 809. The summed E-state index contributed by atoms with van der Waals surface area (Å²) in [6, 6.07) is 7.59. The summed E-state index contributed by atoms with van der Waals surface area (Å²) in [4.78, 5) is 12.9. The molecule has 0 unspecified atom stereocenters. The van der Waals surface area contributed by atoms with E-state index in [9.17, 15) is 4.79 Å². The summed E-state index contributed by atoms with van der Waals surface area (Å²) in [7, 11) is 1.83. The first-order valence-corrected chi connectivity index (χ1v) is 8.40. The van der Waals surface area contributed by atoms with Crippen LogP contribution in [0.3, 0.4) is 0 Å². The van der Waals surface area contributed by atoms with Crippen molar-refractivity contribution in [1.82, 2.24) is 20.0 Å². The fraction of sp³-hybridized carbons (Fsp3) is 0.0667. The van der Waals surface area contributed by atoms with Crippen LogP contribution >= 0.6 is 23.1 Å². The van der Waals surface area contributed by atoms with Crippen LogP contribution in [0.5, 0.6) is 0 Å². The number of carbonyl (C=O) groups is 1. The molecular formula is C15H13N5OS2. The summed E-state index contributed by atoms with van der Waals surface area (Å²) in [6.45, 7) is 0. The third-order valence-corrected chi connectivity index (χ3v) is 4.60. The summed E-state index contributed by atoms with van der Waals surface area (Å²) in [5.41, 5.74) is 3.32. The molecule has 0 radical (unpaired) electrons. The fourth-order valence-corrected chi connectivity index (χ4v) is 3.25. The molecule has 2 heterocycles. The minimum absolute atomic E-state index is 0.182. The Hall–Kier alpha value is -2.45. The Kier molecular flexibility index (Phi) is 4.84. The highest BCUT2D eigenvalue weighted by Crippen LogP contribution is 2.29. The van der Waals surface area contributed by atoms with Gasteiger partial charge in [-0.3, -0.25) is 9.48 Å². The zero-order valence-electron chi connectivity index (χ0n) is 12.2. The number of aromatic nitrogens is 4. The Morgan fingerprint density at radius 1 is 1.35 bits per heavy atom. The van der Waals surface area contributed by atoms with E-state index in [0.29, 0.717) is 0 Å². The van der Waals surface area contributed by atoms with E-state index >= 15 is 0 Å². The van der Waals surface area contributed by atoms with E-state index < -0.39 is 0 Å². The molecule has 0 saturated carbocycles. The average Bonchev–Trinajstić information content (AvgIpc) is 3.19. The van der Waals surface area contributed by atoms with Gasteiger partial charge in [0.1, 0.15) is 5.51 Å². The third kappa shape index (κ3) is 4.51. The van der Waals surface area contributed by atoms with Gasteiger partial charge in [-0.05, 0) is 30.3 Å². The van der Waals surface area contributed by atoms with E-state index in [2.05, 4.69) is 20.6 Å². The van der Waals surface area contributed by atoms with Crippen LogP contribution in [0.15, 0.2) is 57.5 Å². The van der Waals surface area contributed by atoms with Gasteiger partial charge < -0.3 is 5.32 Å². The second-order valence-electron chi connectivity index (χ2n) is 4.60. The van der Waals surface area contributed by atoms with Crippen molar-refractivity contribution in [2.24, 2.45) is 7.05 Å². The molecule has 6 nitrogen and oxygen atoms in total. The molecule has 0 saturated heterocycles. The second kappa shape index (κ2) is 7.21. The van der Waals surface area contributed by atoms with E-state index in [0.717, 1.165) is 20.5 Å². The van der Waals surface area contributed by atoms with Gasteiger partial charge in [-0.1, -0.05) is 23.1 Å². The standard InChI is InChI=1S/C15H13N5OS2/c1-20-9-11(8-17-20)2-7-14(21)18-12-3-5-13(6-4-12)23-15-19-16-10-22-15/h2-10H,1H3,(H,18,21). The lowest BCUT2D eigenvalue weighted by Crippen LogP contribution is -2.07. The normalized spacial score (nSPS) is 11.0. The minimum atomic E-state index is -0.182. The maximum Gasteiger partial charge on any atom is 0.248 e. The summed E-state index contributed by atoms with van der Waals surface area (Å²) in [5, 5.41) is 14.6. The molecule has 1 aromatic carbocycles. The van der Waals surface area contributed by atoms with Crippen molar-refractivity contribution >= 4 is 40.8 Å². The topological polar surface area (TPSA) is 72.7 Å². The van der Waals surface area contributed by atoms with Crippen molar-refractivity contribution in [2.75, 3.05) is 5.32 Å². The lowest BCUT2D eigenvalue weighted by Gasteiger charge is -2.03. The van der Waals surface area contributed by atoms with Crippen molar-refractivity contribution in [3.8, 4) is 0 Å². The highest BCUT2D eigenvalue weighted by molar-refractivity contribution is 8.01. The van der Waals surface area contributed by atoms with E-state index in [1.54, 1.807) is 34.2 Å². The van der Waals surface area contributed by atoms with Gasteiger partial charge in [-0.15, -0.1) is 10.2 Å². The van der Waals surface area contributed by atoms with Crippen molar-refractivity contribution < 1.29 is 4.79 Å². The molecule has 0 bridgehead atoms. The molecular weight excluding hydrogens is 330 g/mol. The predicted molar refractivity (Wildman–Crippen MR) is 91.3 cm³/mol. The van der Waals surface area contributed by atoms with Crippen LogP contribution in [0, 0.1) is 0 Å². The van der Waals surface area contributed by atoms with Gasteiger partial charge in [0.25, 0.3) is 0 Å². The fourth-order valence-electron chi connectivity index (χ4n) is 1.80. The number of benzene rings is 1. The van der Waals surface area contributed by atoms with Crippen molar-refractivity contribution in [3.63, 3.8) is 0 Å². The minimum Gasteiger partial charge on any atom is -0.323 e. The van der Waals surface area contributed by atoms with Gasteiger partial charge >= 0.3 is 0 Å². The van der Waals surface area contributed by atoms with Crippen molar-refractivity contribution in [3.05, 3.63) is 53.8 Å². The third-order valence-electron chi connectivity index (χ3n) is 2.82. The van der Waals surface area contributed by atoms with E-state index in [-0.39, 0.29) is 5.91 Å². The smallest absolute Gasteiger partial charge is 0.248 e. The number of hydrogen-bond donors (Lipinski definition) is 1. The van der Waals surface area contributed by atoms with Crippen molar-refractivity contribution in [1.29, 1.82) is 0 Å². The monoisotopic (exact) mass is 343 g/mol. The Morgan fingerprint density at radius 2 is 2.17 bits per heavy atom. The SMILES string of the molecule is Cn1cc(C=CC(=O)Nc2ccc(Sc3nncs3)cc2)cn1. The number of anilines is 1. The van der Waals surface area contributed by atoms with Crippen molar-refractivity contribution in [2.45, 2.75) is 9.24 Å². The van der Waals surface area contributed by atoms with Crippen LogP contribution in [0.2, 0.25) is 0 Å². The van der Waals surface area contributed by atoms with E-state index in [1.807, 2.05) is 37.5 Å². The number of hydrogen-bond acceptors (Lipinski definition) is 6. The number of carbonyl (C=O) groups excluding carboxylic acids is 1. The Balaban J connectivity index is 1.57. The quantitative estimate of drug-likeness (QED) is 0.721. The predicted octanol–water partition coefficient (Wildman–Crippen LogP) is 3.07. The van der Waals surface area contributed by atoms with Crippen LogP contribution in [0.4, 0.5) is 5.69 Å². The van der Waals surface area contributed by atoms with Crippen LogP contribution in [-0.2, 0) is 11.8 Å². The molecule has 1 N–H and O–H groups in total. The second-order valence-corrected chi connectivity index (χ2v) is 6.75. The molecule has 0 aliphatic carbocycles. The first-order valence-electron chi connectivity index (χ1n) is 6.71. The molecule has 116 valence electrons. The molecule has 0 spiro atoms. The highest BCUT2D eigenvalue weighted by Gasteiger charge is 2.02. The maximum absolute atomic E-state index is 11.9. The Labute approximate surface area is 141 Å². The molecule has 0 atom stereocenters. The highest BCUT2D eigenvalue weighted by atomic mass is 32.2. The van der Waals surface area contributed by atoms with Crippen LogP contribution in [0.25, 0.3) is 6.08 Å². The molecule has 0 aliphatic heterocycles. The molecule has 3 aromatic rings. The van der Waals surface area contributed by atoms with Gasteiger partial charge in [0.2, 0.25) is 5.91 Å². The summed E-state index contributed by atoms with van der Waals surface area (Å²) in [5.74, 6) is -0.182. The molecule has 1 amide bonds. The van der Waals surface area contributed by atoms with Crippen LogP contribution in [-0.4, -0.2) is 25.9 Å². The number of nitrogens with zero attached hydrogens (tertiary/aromatic N) is 4. The first-order chi connectivity index (χ1) is 11.2. The van der Waals surface area contributed by atoms with Gasteiger partial charge in [0, 0.05) is 35.5 Å². The lowest BCUT2D eigenvalue weighted by atomic mass is 10.3. The van der Waals surface area contributed by atoms with Gasteiger partial charge in [0.05, 0.1) is 6.20 Å². The number of nitrogens with one attached hydrogen (secondary N) is 1. The summed E-state index contributed by atoms with van der Waals surface area (Å²) in [6.07, 6.45) is 6.75. The molecule has 2 aromatic heterocycles. The zero-order chi connectivity index (χ0) is 16.1. The summed E-state index contributed by atoms with van der Waals surface area (Å²) >= 11 is 3.03. The molecule has 0 aliphatic rings. The molecule has 8 heteroatoms. The number of amides is 1. The molecule has 3 rings (SSSR count). The molecule has 0 fully saturated rings. The first kappa shape index (κ1) is 15.4. The zero-order valence-corrected chi connectivity index (χ0v) is 13.8. The largest absolute Gasteiger partial charge is 0.323 e. The molecule has 23 heavy (non-hydrogen) atoms. The number of aryl methyl sites for hydroxylation is 1. The summed E-state index contributed by atoms with van der Waals surface area (Å²) < 4.78 is 2.58. The van der Waals surface area contributed by atoms with Gasteiger partial charge in [0.15, 0.2) is 4.34 Å². The van der Waals surface area contributed by atoms with Crippen LogP contribution in [0.1, 0.15) is 5.56 Å². The number of rotatable bonds is 5. The lowest BCUT2D eigenvalue weighted by molar-refractivity contribution is -0.111. The van der Waals surface area contributed by atoms with E-state index in [4.69, 9.17) is 0 Å². The van der Waals surface area contributed by atoms with Gasteiger partial charge in [-0.2, -0.15) is 5.10 Å². The van der Waals surface area contributed by atoms with Gasteiger partial charge in [-0.25, -0.2) is 0 Å². The van der Waals surface area contributed by atoms with E-state index in [1.165, 1.54) is 17.4 Å². The maximum atomic E-state index is 11.9. The Morgan fingerprint density at radius 3 is 2.83 bits per heavy atom.